The molecule has 1 rings (SSSR count). The maximum absolute atomic E-state index is 11.5. The second-order valence-electron chi connectivity index (χ2n) is 2.63. The summed E-state index contributed by atoms with van der Waals surface area (Å²) in [6.07, 6.45) is 2.54. The zero-order chi connectivity index (χ0) is 10.6. The molecule has 14 heavy (non-hydrogen) atoms. The SMILES string of the molecule is [B]C1C=CC(OCP(=O)(OC)OC)O1. The number of hydrogen-bond donors (Lipinski definition) is 0. The highest BCUT2D eigenvalue weighted by molar-refractivity contribution is 7.53. The first-order chi connectivity index (χ1) is 6.59. The summed E-state index contributed by atoms with van der Waals surface area (Å²) in [4.78, 5) is 0. The quantitative estimate of drug-likeness (QED) is 0.389. The van der Waals surface area contributed by atoms with Gasteiger partial charge in [-0.1, -0.05) is 6.08 Å². The van der Waals surface area contributed by atoms with Crippen molar-refractivity contribution in [3.8, 4) is 0 Å². The Hall–Kier alpha value is -0.125. The largest absolute Gasteiger partial charge is 0.355 e. The number of ether oxygens (including phenoxy) is 2. The van der Waals surface area contributed by atoms with E-state index < -0.39 is 19.9 Å². The van der Waals surface area contributed by atoms with E-state index in [1.54, 1.807) is 12.2 Å². The average Bonchev–Trinajstić information content (AvgIpc) is 2.61. The fraction of sp³-hybridized carbons (Fsp3) is 0.714. The van der Waals surface area contributed by atoms with Crippen LogP contribution in [0, 0.1) is 0 Å². The Morgan fingerprint density at radius 3 is 2.50 bits per heavy atom. The van der Waals surface area contributed by atoms with Crippen LogP contribution in [-0.4, -0.2) is 40.7 Å². The van der Waals surface area contributed by atoms with E-state index in [1.807, 2.05) is 0 Å². The molecule has 0 saturated heterocycles. The highest BCUT2D eigenvalue weighted by Gasteiger charge is 2.25. The Bertz CT molecular complexity index is 248. The van der Waals surface area contributed by atoms with Gasteiger partial charge in [0.05, 0.1) is 0 Å². The lowest BCUT2D eigenvalue weighted by Gasteiger charge is -2.17. The van der Waals surface area contributed by atoms with Crippen molar-refractivity contribution >= 4 is 15.4 Å². The van der Waals surface area contributed by atoms with Crippen molar-refractivity contribution in [2.45, 2.75) is 12.3 Å². The van der Waals surface area contributed by atoms with Gasteiger partial charge in [-0.25, -0.2) is 0 Å². The average molecular weight is 218 g/mol. The number of hydrogen-bond acceptors (Lipinski definition) is 5. The van der Waals surface area contributed by atoms with Crippen LogP contribution in [-0.2, 0) is 23.1 Å². The van der Waals surface area contributed by atoms with Gasteiger partial charge in [-0.2, -0.15) is 0 Å². The topological polar surface area (TPSA) is 54.0 Å². The van der Waals surface area contributed by atoms with Crippen molar-refractivity contribution < 1.29 is 23.1 Å². The van der Waals surface area contributed by atoms with Crippen LogP contribution >= 0.6 is 7.60 Å². The van der Waals surface area contributed by atoms with E-state index in [4.69, 9.17) is 17.3 Å². The molecule has 7 heteroatoms. The van der Waals surface area contributed by atoms with Gasteiger partial charge in [-0.05, 0) is 6.08 Å². The van der Waals surface area contributed by atoms with Crippen molar-refractivity contribution in [2.24, 2.45) is 0 Å². The highest BCUT2D eigenvalue weighted by atomic mass is 31.2. The lowest BCUT2D eigenvalue weighted by atomic mass is 10.0. The molecule has 0 saturated carbocycles. The molecule has 0 aliphatic carbocycles. The third-order valence-corrected chi connectivity index (χ3v) is 3.28. The van der Waals surface area contributed by atoms with Gasteiger partial charge in [0.2, 0.25) is 0 Å². The Morgan fingerprint density at radius 1 is 1.43 bits per heavy atom. The van der Waals surface area contributed by atoms with Crippen molar-refractivity contribution in [2.75, 3.05) is 20.6 Å². The fourth-order valence-corrected chi connectivity index (χ4v) is 1.57. The first kappa shape index (κ1) is 11.9. The predicted molar refractivity (Wildman–Crippen MR) is 51.1 cm³/mol. The molecule has 2 atom stereocenters. The second kappa shape index (κ2) is 5.10. The summed E-state index contributed by atoms with van der Waals surface area (Å²) in [5.41, 5.74) is 0. The molecule has 0 aromatic rings. The van der Waals surface area contributed by atoms with E-state index in [-0.39, 0.29) is 6.35 Å². The summed E-state index contributed by atoms with van der Waals surface area (Å²) >= 11 is 0. The van der Waals surface area contributed by atoms with Crippen molar-refractivity contribution in [1.82, 2.24) is 0 Å². The minimum Gasteiger partial charge on any atom is -0.352 e. The fourth-order valence-electron chi connectivity index (χ4n) is 0.885. The molecule has 0 aromatic carbocycles. The minimum atomic E-state index is -3.13. The molecule has 0 N–H and O–H groups in total. The monoisotopic (exact) mass is 218 g/mol. The van der Waals surface area contributed by atoms with Crippen LogP contribution in [0.15, 0.2) is 12.2 Å². The first-order valence-electron chi connectivity index (χ1n) is 4.01. The second-order valence-corrected chi connectivity index (χ2v) is 4.84. The summed E-state index contributed by atoms with van der Waals surface area (Å²) in [5, 5.41) is 0. The van der Waals surface area contributed by atoms with E-state index in [2.05, 4.69) is 9.05 Å². The van der Waals surface area contributed by atoms with Gasteiger partial charge in [0.15, 0.2) is 12.6 Å². The van der Waals surface area contributed by atoms with Crippen molar-refractivity contribution in [3.05, 3.63) is 12.2 Å². The molecule has 0 fully saturated rings. The van der Waals surface area contributed by atoms with Crippen LogP contribution in [0.4, 0.5) is 0 Å². The summed E-state index contributed by atoms with van der Waals surface area (Å²) in [7, 11) is 4.87. The van der Waals surface area contributed by atoms with E-state index in [0.29, 0.717) is 0 Å². The standard InChI is InChI=1S/C7H12BO5P/c1-10-14(9,11-2)5-12-7-4-3-6(8)13-7/h3-4,6-7H,5H2,1-2H3. The van der Waals surface area contributed by atoms with Crippen LogP contribution in [0.3, 0.4) is 0 Å². The van der Waals surface area contributed by atoms with Crippen LogP contribution in [0.1, 0.15) is 0 Å². The molecule has 78 valence electrons. The van der Waals surface area contributed by atoms with E-state index >= 15 is 0 Å². The van der Waals surface area contributed by atoms with Crippen LogP contribution in [0.5, 0.6) is 0 Å². The maximum Gasteiger partial charge on any atom is 0.355 e. The highest BCUT2D eigenvalue weighted by Crippen LogP contribution is 2.46. The molecule has 2 unspecified atom stereocenters. The first-order valence-corrected chi connectivity index (χ1v) is 5.74. The minimum absolute atomic E-state index is 0.165. The zero-order valence-corrected chi connectivity index (χ0v) is 8.98. The molecule has 5 nitrogen and oxygen atoms in total. The third-order valence-electron chi connectivity index (χ3n) is 1.70. The lowest BCUT2D eigenvalue weighted by molar-refractivity contribution is -0.0900. The molecule has 0 spiro atoms. The molecule has 0 bridgehead atoms. The molecular formula is C7H12BO5P. The van der Waals surface area contributed by atoms with E-state index in [0.717, 1.165) is 0 Å². The van der Waals surface area contributed by atoms with Crippen molar-refractivity contribution in [1.29, 1.82) is 0 Å². The molecular weight excluding hydrogens is 206 g/mol. The van der Waals surface area contributed by atoms with Crippen LogP contribution in [0.25, 0.3) is 0 Å². The predicted octanol–water partition coefficient (Wildman–Crippen LogP) is 0.853. The Labute approximate surface area is 84.3 Å². The smallest absolute Gasteiger partial charge is 0.352 e. The van der Waals surface area contributed by atoms with Gasteiger partial charge in [0.1, 0.15) is 7.85 Å². The van der Waals surface area contributed by atoms with Crippen LogP contribution < -0.4 is 0 Å². The molecule has 1 aliphatic heterocycles. The molecule has 0 amide bonds. The molecule has 1 heterocycles. The van der Waals surface area contributed by atoms with E-state index in [1.165, 1.54) is 14.2 Å². The summed E-state index contributed by atoms with van der Waals surface area (Å²) in [6.45, 7) is 0. The molecule has 0 aromatic heterocycles. The van der Waals surface area contributed by atoms with Gasteiger partial charge in [0.25, 0.3) is 0 Å². The molecule has 1 aliphatic rings. The van der Waals surface area contributed by atoms with Gasteiger partial charge in [-0.3, -0.25) is 4.57 Å². The Morgan fingerprint density at radius 2 is 2.07 bits per heavy atom. The normalized spacial score (nSPS) is 27.0. The Kier molecular flexibility index (Phi) is 4.35. The van der Waals surface area contributed by atoms with Gasteiger partial charge in [-0.15, -0.1) is 0 Å². The summed E-state index contributed by atoms with van der Waals surface area (Å²) < 4.78 is 31.0. The lowest BCUT2D eigenvalue weighted by Crippen LogP contribution is -2.16. The molecule has 2 radical (unpaired) electrons. The van der Waals surface area contributed by atoms with Crippen LogP contribution in [0.2, 0.25) is 0 Å². The Balaban J connectivity index is 2.33. The van der Waals surface area contributed by atoms with Crippen molar-refractivity contribution in [3.63, 3.8) is 0 Å². The summed E-state index contributed by atoms with van der Waals surface area (Å²) in [5.74, 6) is 0. The van der Waals surface area contributed by atoms with Gasteiger partial charge in [0, 0.05) is 20.2 Å². The summed E-state index contributed by atoms with van der Waals surface area (Å²) in [6, 6.07) is -0.468. The van der Waals surface area contributed by atoms with E-state index in [9.17, 15) is 4.57 Å². The maximum atomic E-state index is 11.5. The number of rotatable bonds is 5. The van der Waals surface area contributed by atoms with Gasteiger partial charge < -0.3 is 18.5 Å². The van der Waals surface area contributed by atoms with Gasteiger partial charge >= 0.3 is 7.60 Å². The third kappa shape index (κ3) is 3.22. The zero-order valence-electron chi connectivity index (χ0n) is 8.08.